The average Bonchev–Trinajstić information content (AvgIpc) is 2.68. The quantitative estimate of drug-likeness (QED) is 0.754. The summed E-state index contributed by atoms with van der Waals surface area (Å²) in [7, 11) is 0. The van der Waals surface area contributed by atoms with Crippen LogP contribution in [0.5, 0.6) is 5.75 Å². The molecule has 0 amide bonds. The van der Waals surface area contributed by atoms with Gasteiger partial charge in [0.1, 0.15) is 0 Å². The standard InChI is InChI=1S/C11H10O2SSe/c1-5-3-8-9(14-5)10-7(11(12)13-8)4-6(2)15-10/h3-4,11-12H,1-2H3. The molecular formula is C11H10O2SSe. The number of rotatable bonds is 0. The van der Waals surface area contributed by atoms with Gasteiger partial charge in [-0.05, 0) is 0 Å². The van der Waals surface area contributed by atoms with Gasteiger partial charge in [-0.1, -0.05) is 0 Å². The van der Waals surface area contributed by atoms with Crippen molar-refractivity contribution in [2.45, 2.75) is 20.1 Å². The summed E-state index contributed by atoms with van der Waals surface area (Å²) in [6.45, 7) is 4.19. The molecule has 0 aromatic carbocycles. The number of aliphatic hydroxyl groups is 1. The van der Waals surface area contributed by atoms with Crippen molar-refractivity contribution in [3.8, 4) is 15.1 Å². The Kier molecular flexibility index (Phi) is 2.08. The van der Waals surface area contributed by atoms with E-state index < -0.39 is 6.29 Å². The number of hydrogen-bond donors (Lipinski definition) is 1. The van der Waals surface area contributed by atoms with Crippen LogP contribution in [-0.2, 0) is 0 Å². The number of hydrogen-bond acceptors (Lipinski definition) is 3. The number of fused-ring (bicyclic) bond motifs is 3. The Bertz CT molecular complexity index is 527. The molecule has 2 nitrogen and oxygen atoms in total. The van der Waals surface area contributed by atoms with Crippen molar-refractivity contribution in [1.29, 1.82) is 0 Å². The molecule has 2 aromatic rings. The second-order valence-electron chi connectivity index (χ2n) is 3.66. The molecule has 0 spiro atoms. The van der Waals surface area contributed by atoms with Crippen LogP contribution in [0.1, 0.15) is 21.2 Å². The molecular weight excluding hydrogens is 275 g/mol. The van der Waals surface area contributed by atoms with Gasteiger partial charge in [-0.25, -0.2) is 0 Å². The summed E-state index contributed by atoms with van der Waals surface area (Å²) in [6, 6.07) is 4.08. The minimum atomic E-state index is -0.763. The molecule has 0 fully saturated rings. The molecule has 0 saturated heterocycles. The maximum atomic E-state index is 9.84. The number of ether oxygens (including phenoxy) is 1. The van der Waals surface area contributed by atoms with E-state index in [2.05, 4.69) is 19.9 Å². The summed E-state index contributed by atoms with van der Waals surface area (Å²) in [4.78, 5) is 2.46. The third-order valence-electron chi connectivity index (χ3n) is 2.42. The minimum absolute atomic E-state index is 0.367. The Labute approximate surface area is 97.9 Å². The van der Waals surface area contributed by atoms with E-state index in [0.29, 0.717) is 14.5 Å². The molecule has 2 aromatic heterocycles. The van der Waals surface area contributed by atoms with E-state index in [0.717, 1.165) is 11.3 Å². The first kappa shape index (κ1) is 9.67. The van der Waals surface area contributed by atoms with Gasteiger partial charge in [-0.15, -0.1) is 0 Å². The predicted molar refractivity (Wildman–Crippen MR) is 61.8 cm³/mol. The van der Waals surface area contributed by atoms with Crippen molar-refractivity contribution in [1.82, 2.24) is 0 Å². The third-order valence-corrected chi connectivity index (χ3v) is 6.03. The zero-order chi connectivity index (χ0) is 10.6. The molecule has 1 aliphatic heterocycles. The summed E-state index contributed by atoms with van der Waals surface area (Å²) in [6.07, 6.45) is -0.763. The van der Waals surface area contributed by atoms with Crippen LogP contribution in [0.25, 0.3) is 9.31 Å². The molecule has 1 atom stereocenters. The molecule has 15 heavy (non-hydrogen) atoms. The SMILES string of the molecule is Cc1cc2c(s1)-c1[se]c(C)cc1C(O)O2. The fraction of sp³-hybridized carbons (Fsp3) is 0.273. The zero-order valence-electron chi connectivity index (χ0n) is 8.40. The molecule has 1 N–H and O–H groups in total. The van der Waals surface area contributed by atoms with Crippen molar-refractivity contribution >= 4 is 25.8 Å². The Hall–Kier alpha value is -0.541. The summed E-state index contributed by atoms with van der Waals surface area (Å²) >= 11 is 2.13. The van der Waals surface area contributed by atoms with E-state index in [1.54, 1.807) is 11.3 Å². The van der Waals surface area contributed by atoms with Crippen LogP contribution in [0.4, 0.5) is 0 Å². The van der Waals surface area contributed by atoms with Crippen LogP contribution in [-0.4, -0.2) is 19.6 Å². The van der Waals surface area contributed by atoms with E-state index in [1.807, 2.05) is 6.07 Å². The average molecular weight is 285 g/mol. The van der Waals surface area contributed by atoms with E-state index in [-0.39, 0.29) is 0 Å². The van der Waals surface area contributed by atoms with Crippen molar-refractivity contribution in [3.63, 3.8) is 0 Å². The van der Waals surface area contributed by atoms with Crippen molar-refractivity contribution in [2.75, 3.05) is 0 Å². The molecule has 4 heteroatoms. The Morgan fingerprint density at radius 3 is 3.00 bits per heavy atom. The molecule has 0 bridgehead atoms. The molecule has 0 radical (unpaired) electrons. The van der Waals surface area contributed by atoms with Crippen LogP contribution >= 0.6 is 11.3 Å². The van der Waals surface area contributed by atoms with E-state index >= 15 is 0 Å². The molecule has 1 unspecified atom stereocenters. The van der Waals surface area contributed by atoms with Crippen LogP contribution in [0.3, 0.4) is 0 Å². The van der Waals surface area contributed by atoms with E-state index in [1.165, 1.54) is 18.6 Å². The van der Waals surface area contributed by atoms with Gasteiger partial charge in [-0.2, -0.15) is 0 Å². The number of thiophene rings is 1. The predicted octanol–water partition coefficient (Wildman–Crippen LogP) is 2.47. The van der Waals surface area contributed by atoms with Gasteiger partial charge in [-0.3, -0.25) is 0 Å². The van der Waals surface area contributed by atoms with Crippen LogP contribution in [0.2, 0.25) is 0 Å². The van der Waals surface area contributed by atoms with E-state index in [9.17, 15) is 5.11 Å². The second-order valence-corrected chi connectivity index (χ2v) is 7.55. The monoisotopic (exact) mass is 286 g/mol. The second kappa shape index (κ2) is 3.22. The normalized spacial score (nSPS) is 18.2. The molecule has 3 rings (SSSR count). The Morgan fingerprint density at radius 2 is 2.20 bits per heavy atom. The van der Waals surface area contributed by atoms with Crippen LogP contribution in [0, 0.1) is 13.8 Å². The molecule has 0 aliphatic carbocycles. The molecule has 0 saturated carbocycles. The van der Waals surface area contributed by atoms with Gasteiger partial charge >= 0.3 is 97.9 Å². The molecule has 1 aliphatic rings. The van der Waals surface area contributed by atoms with Gasteiger partial charge in [0.2, 0.25) is 0 Å². The number of aryl methyl sites for hydroxylation is 2. The van der Waals surface area contributed by atoms with E-state index in [4.69, 9.17) is 4.74 Å². The van der Waals surface area contributed by atoms with Gasteiger partial charge in [0.15, 0.2) is 0 Å². The first-order valence-corrected chi connectivity index (χ1v) is 7.24. The first-order chi connectivity index (χ1) is 7.15. The van der Waals surface area contributed by atoms with Crippen LogP contribution in [0.15, 0.2) is 12.1 Å². The third kappa shape index (κ3) is 1.41. The zero-order valence-corrected chi connectivity index (χ0v) is 10.9. The van der Waals surface area contributed by atoms with Crippen molar-refractivity contribution in [3.05, 3.63) is 27.0 Å². The van der Waals surface area contributed by atoms with Gasteiger partial charge in [0.05, 0.1) is 0 Å². The van der Waals surface area contributed by atoms with Crippen molar-refractivity contribution in [2.24, 2.45) is 0 Å². The fourth-order valence-electron chi connectivity index (χ4n) is 1.82. The maximum absolute atomic E-state index is 9.84. The summed E-state index contributed by atoms with van der Waals surface area (Å²) < 4.78 is 8.16. The first-order valence-electron chi connectivity index (χ1n) is 4.71. The topological polar surface area (TPSA) is 29.5 Å². The summed E-state index contributed by atoms with van der Waals surface area (Å²) in [5.74, 6) is 0.855. The summed E-state index contributed by atoms with van der Waals surface area (Å²) in [5.41, 5.74) is 0.974. The fourth-order valence-corrected chi connectivity index (χ4v) is 5.25. The summed E-state index contributed by atoms with van der Waals surface area (Å²) in [5, 5.41) is 9.84. The Morgan fingerprint density at radius 1 is 1.40 bits per heavy atom. The van der Waals surface area contributed by atoms with Crippen LogP contribution < -0.4 is 4.74 Å². The van der Waals surface area contributed by atoms with Gasteiger partial charge in [0.25, 0.3) is 0 Å². The van der Waals surface area contributed by atoms with Gasteiger partial charge < -0.3 is 0 Å². The molecule has 78 valence electrons. The molecule has 3 heterocycles. The van der Waals surface area contributed by atoms with Crippen molar-refractivity contribution < 1.29 is 9.84 Å². The van der Waals surface area contributed by atoms with Gasteiger partial charge in [0, 0.05) is 0 Å². The number of aliphatic hydroxyl groups excluding tert-OH is 1. The Balaban J connectivity index is 2.28.